The highest BCUT2D eigenvalue weighted by atomic mass is 16.1. The van der Waals surface area contributed by atoms with E-state index in [4.69, 9.17) is 5.73 Å². The van der Waals surface area contributed by atoms with Gasteiger partial charge in [0.2, 0.25) is 5.91 Å². The molecule has 21 heavy (non-hydrogen) atoms. The molecule has 0 aliphatic carbocycles. The van der Waals surface area contributed by atoms with Gasteiger partial charge < -0.3 is 11.1 Å². The van der Waals surface area contributed by atoms with Gasteiger partial charge in [-0.3, -0.25) is 4.79 Å². The van der Waals surface area contributed by atoms with Crippen LogP contribution in [0.2, 0.25) is 0 Å². The first-order chi connectivity index (χ1) is 10.1. The van der Waals surface area contributed by atoms with Crippen molar-refractivity contribution in [2.45, 2.75) is 32.6 Å². The minimum atomic E-state index is 0.0419. The predicted molar refractivity (Wildman–Crippen MR) is 88.3 cm³/mol. The topological polar surface area (TPSA) is 55.1 Å². The van der Waals surface area contributed by atoms with Crippen LogP contribution in [-0.4, -0.2) is 5.91 Å². The zero-order valence-corrected chi connectivity index (χ0v) is 12.6. The first kappa shape index (κ1) is 15.1. The third kappa shape index (κ3) is 4.09. The second-order valence-electron chi connectivity index (χ2n) is 5.33. The van der Waals surface area contributed by atoms with E-state index in [-0.39, 0.29) is 11.8 Å². The number of nitrogen functional groups attached to an aromatic ring is 1. The summed E-state index contributed by atoms with van der Waals surface area (Å²) < 4.78 is 0. The molecule has 0 saturated carbocycles. The van der Waals surface area contributed by atoms with E-state index in [2.05, 4.69) is 19.2 Å². The number of anilines is 2. The summed E-state index contributed by atoms with van der Waals surface area (Å²) in [5, 5.41) is 3.01. The number of rotatable bonds is 5. The molecule has 110 valence electrons. The number of hydrogen-bond acceptors (Lipinski definition) is 2. The minimum absolute atomic E-state index is 0.0419. The molecule has 1 atom stereocenters. The van der Waals surface area contributed by atoms with Gasteiger partial charge in [-0.15, -0.1) is 0 Å². The van der Waals surface area contributed by atoms with Gasteiger partial charge in [0.05, 0.1) is 0 Å². The van der Waals surface area contributed by atoms with Crippen molar-refractivity contribution in [3.05, 3.63) is 59.7 Å². The summed E-state index contributed by atoms with van der Waals surface area (Å²) >= 11 is 0. The molecule has 0 spiro atoms. The molecule has 0 saturated heterocycles. The van der Waals surface area contributed by atoms with Crippen molar-refractivity contribution in [2.75, 3.05) is 11.1 Å². The molecule has 2 aromatic rings. The molecule has 0 aromatic heterocycles. The van der Waals surface area contributed by atoms with Crippen LogP contribution in [0.15, 0.2) is 48.5 Å². The minimum Gasteiger partial charge on any atom is -0.399 e. The van der Waals surface area contributed by atoms with Gasteiger partial charge in [0, 0.05) is 17.8 Å². The Morgan fingerprint density at radius 1 is 1.14 bits per heavy atom. The predicted octanol–water partition coefficient (Wildman–Crippen LogP) is 3.96. The van der Waals surface area contributed by atoms with Gasteiger partial charge in [-0.1, -0.05) is 44.2 Å². The molecule has 0 radical (unpaired) electrons. The van der Waals surface area contributed by atoms with E-state index in [1.54, 1.807) is 0 Å². The molecule has 2 rings (SSSR count). The quantitative estimate of drug-likeness (QED) is 0.815. The molecule has 0 aliphatic heterocycles. The number of para-hydroxylation sites is 1. The van der Waals surface area contributed by atoms with E-state index in [1.807, 2.05) is 48.5 Å². The highest BCUT2D eigenvalue weighted by Crippen LogP contribution is 2.22. The number of hydrogen-bond donors (Lipinski definition) is 2. The summed E-state index contributed by atoms with van der Waals surface area (Å²) in [6, 6.07) is 15.6. The van der Waals surface area contributed by atoms with Crippen LogP contribution in [0.25, 0.3) is 0 Å². The van der Waals surface area contributed by atoms with Crippen molar-refractivity contribution in [1.82, 2.24) is 0 Å². The number of aryl methyl sites for hydroxylation is 1. The van der Waals surface area contributed by atoms with Gasteiger partial charge in [-0.25, -0.2) is 0 Å². The molecule has 1 amide bonds. The number of benzene rings is 2. The summed E-state index contributed by atoms with van der Waals surface area (Å²) in [5.74, 6) is 0.208. The molecule has 2 aromatic carbocycles. The molecule has 0 aliphatic rings. The van der Waals surface area contributed by atoms with Gasteiger partial charge in [0.15, 0.2) is 0 Å². The van der Waals surface area contributed by atoms with Gasteiger partial charge in [-0.05, 0) is 41.7 Å². The SMILES string of the molecule is CCc1ccccc1NC(=O)CC(C)c1ccc(N)cc1. The van der Waals surface area contributed by atoms with Gasteiger partial charge in [0.1, 0.15) is 0 Å². The first-order valence-corrected chi connectivity index (χ1v) is 7.33. The maximum absolute atomic E-state index is 12.2. The lowest BCUT2D eigenvalue weighted by molar-refractivity contribution is -0.116. The molecule has 0 bridgehead atoms. The first-order valence-electron chi connectivity index (χ1n) is 7.33. The van der Waals surface area contributed by atoms with E-state index in [1.165, 1.54) is 0 Å². The molecule has 3 N–H and O–H groups in total. The monoisotopic (exact) mass is 282 g/mol. The molecule has 0 heterocycles. The number of carbonyl (C=O) groups excluding carboxylic acids is 1. The average molecular weight is 282 g/mol. The lowest BCUT2D eigenvalue weighted by atomic mass is 9.97. The van der Waals surface area contributed by atoms with Crippen LogP contribution >= 0.6 is 0 Å². The van der Waals surface area contributed by atoms with E-state index < -0.39 is 0 Å². The number of amides is 1. The zero-order chi connectivity index (χ0) is 15.2. The van der Waals surface area contributed by atoms with E-state index in [0.29, 0.717) is 6.42 Å². The Labute approximate surface area is 126 Å². The van der Waals surface area contributed by atoms with Crippen LogP contribution in [0.5, 0.6) is 0 Å². The fraction of sp³-hybridized carbons (Fsp3) is 0.278. The van der Waals surface area contributed by atoms with Crippen LogP contribution in [0.4, 0.5) is 11.4 Å². The Kier molecular flexibility index (Phi) is 4.99. The summed E-state index contributed by atoms with van der Waals surface area (Å²) in [6.45, 7) is 4.14. The second kappa shape index (κ2) is 6.93. The Balaban J connectivity index is 1.99. The molecule has 0 fully saturated rings. The Bertz CT molecular complexity index is 605. The second-order valence-corrected chi connectivity index (χ2v) is 5.33. The summed E-state index contributed by atoms with van der Waals surface area (Å²) in [7, 11) is 0. The molecule has 3 nitrogen and oxygen atoms in total. The molecular weight excluding hydrogens is 260 g/mol. The van der Waals surface area contributed by atoms with Crippen LogP contribution in [0, 0.1) is 0 Å². The maximum atomic E-state index is 12.2. The number of nitrogens with one attached hydrogen (secondary N) is 1. The van der Waals surface area contributed by atoms with Crippen molar-refractivity contribution in [3.63, 3.8) is 0 Å². The van der Waals surface area contributed by atoms with E-state index in [0.717, 1.165) is 28.9 Å². The fourth-order valence-electron chi connectivity index (χ4n) is 2.37. The smallest absolute Gasteiger partial charge is 0.224 e. The van der Waals surface area contributed by atoms with Crippen molar-refractivity contribution in [3.8, 4) is 0 Å². The average Bonchev–Trinajstić information content (AvgIpc) is 2.48. The fourth-order valence-corrected chi connectivity index (χ4v) is 2.37. The molecular formula is C18H22N2O. The third-order valence-corrected chi connectivity index (χ3v) is 3.67. The molecule has 3 heteroatoms. The Morgan fingerprint density at radius 2 is 1.81 bits per heavy atom. The number of nitrogens with two attached hydrogens (primary N) is 1. The van der Waals surface area contributed by atoms with Crippen LogP contribution in [0.1, 0.15) is 37.3 Å². The van der Waals surface area contributed by atoms with Crippen LogP contribution < -0.4 is 11.1 Å². The van der Waals surface area contributed by atoms with Crippen LogP contribution in [0.3, 0.4) is 0 Å². The van der Waals surface area contributed by atoms with Crippen molar-refractivity contribution < 1.29 is 4.79 Å². The van der Waals surface area contributed by atoms with Gasteiger partial charge in [0.25, 0.3) is 0 Å². The van der Waals surface area contributed by atoms with Gasteiger partial charge in [-0.2, -0.15) is 0 Å². The summed E-state index contributed by atoms with van der Waals surface area (Å²) in [5.41, 5.74) is 9.62. The summed E-state index contributed by atoms with van der Waals surface area (Å²) in [6.07, 6.45) is 1.37. The van der Waals surface area contributed by atoms with Crippen molar-refractivity contribution >= 4 is 17.3 Å². The maximum Gasteiger partial charge on any atom is 0.224 e. The summed E-state index contributed by atoms with van der Waals surface area (Å²) in [4.78, 5) is 12.2. The van der Waals surface area contributed by atoms with E-state index in [9.17, 15) is 4.79 Å². The standard InChI is InChI=1S/C18H22N2O/c1-3-14-6-4-5-7-17(14)20-18(21)12-13(2)15-8-10-16(19)11-9-15/h4-11,13H,3,12,19H2,1-2H3,(H,20,21). The van der Waals surface area contributed by atoms with Gasteiger partial charge >= 0.3 is 0 Å². The molecule has 1 unspecified atom stereocenters. The van der Waals surface area contributed by atoms with E-state index >= 15 is 0 Å². The van der Waals surface area contributed by atoms with Crippen molar-refractivity contribution in [1.29, 1.82) is 0 Å². The third-order valence-electron chi connectivity index (χ3n) is 3.67. The van der Waals surface area contributed by atoms with Crippen LogP contribution in [-0.2, 0) is 11.2 Å². The van der Waals surface area contributed by atoms with Crippen molar-refractivity contribution in [2.24, 2.45) is 0 Å². The normalized spacial score (nSPS) is 11.9. The Hall–Kier alpha value is -2.29. The lowest BCUT2D eigenvalue weighted by Crippen LogP contribution is -2.15. The highest BCUT2D eigenvalue weighted by Gasteiger charge is 2.12. The number of carbonyl (C=O) groups is 1. The lowest BCUT2D eigenvalue weighted by Gasteiger charge is -2.14. The largest absolute Gasteiger partial charge is 0.399 e. The zero-order valence-electron chi connectivity index (χ0n) is 12.6. The Morgan fingerprint density at radius 3 is 2.48 bits per heavy atom. The highest BCUT2D eigenvalue weighted by molar-refractivity contribution is 5.92.